The minimum absolute atomic E-state index is 0.579. The summed E-state index contributed by atoms with van der Waals surface area (Å²) in [4.78, 5) is 18.7. The third-order valence-corrected chi connectivity index (χ3v) is 6.76. The Labute approximate surface area is 212 Å². The zero-order valence-electron chi connectivity index (χ0n) is 20.0. The van der Waals surface area contributed by atoms with Crippen molar-refractivity contribution in [3.8, 4) is 17.5 Å². The average molecular weight is 494 g/mol. The summed E-state index contributed by atoms with van der Waals surface area (Å²) in [6.45, 7) is 5.73. The van der Waals surface area contributed by atoms with Crippen molar-refractivity contribution in [3.63, 3.8) is 0 Å². The van der Waals surface area contributed by atoms with E-state index in [2.05, 4.69) is 19.8 Å². The topological polar surface area (TPSA) is 63.6 Å². The van der Waals surface area contributed by atoms with Gasteiger partial charge in [-0.2, -0.15) is 4.98 Å². The predicted molar refractivity (Wildman–Crippen MR) is 138 cm³/mol. The number of hydrogen-bond donors (Lipinski definition) is 0. The summed E-state index contributed by atoms with van der Waals surface area (Å²) in [5.74, 6) is 2.89. The molecule has 35 heavy (non-hydrogen) atoms. The minimum Gasteiger partial charge on any atom is -0.477 e. The highest BCUT2D eigenvalue weighted by Gasteiger charge is 2.18. The maximum atomic E-state index is 6.06. The SMILES string of the molecule is Clc1cccc(Oc2cccc(N3CCN(CCCCOc4cnc5c(n4)CCCC5)CC3)n2)c1. The lowest BCUT2D eigenvalue weighted by Crippen LogP contribution is -2.46. The highest BCUT2D eigenvalue weighted by atomic mass is 35.5. The Balaban J connectivity index is 1.02. The second-order valence-corrected chi connectivity index (χ2v) is 9.52. The Hall–Kier alpha value is -2.90. The number of hydrogen-bond acceptors (Lipinski definition) is 7. The summed E-state index contributed by atoms with van der Waals surface area (Å²) in [6, 6.07) is 13.3. The van der Waals surface area contributed by atoms with Gasteiger partial charge in [0.05, 0.1) is 24.2 Å². The molecule has 2 aliphatic rings. The molecule has 8 heteroatoms. The summed E-state index contributed by atoms with van der Waals surface area (Å²) in [5, 5.41) is 0.647. The quantitative estimate of drug-likeness (QED) is 0.381. The first-order valence-electron chi connectivity index (χ1n) is 12.6. The monoisotopic (exact) mass is 493 g/mol. The van der Waals surface area contributed by atoms with Crippen LogP contribution in [-0.2, 0) is 12.8 Å². The van der Waals surface area contributed by atoms with Crippen molar-refractivity contribution in [2.45, 2.75) is 38.5 Å². The average Bonchev–Trinajstić information content (AvgIpc) is 2.89. The molecule has 0 saturated carbocycles. The Morgan fingerprint density at radius 3 is 2.54 bits per heavy atom. The van der Waals surface area contributed by atoms with Gasteiger partial charge in [-0.3, -0.25) is 9.88 Å². The molecule has 0 radical (unpaired) electrons. The van der Waals surface area contributed by atoms with E-state index in [0.717, 1.165) is 75.6 Å². The number of aromatic nitrogens is 3. The van der Waals surface area contributed by atoms with Gasteiger partial charge in [-0.1, -0.05) is 23.7 Å². The molecule has 1 saturated heterocycles. The van der Waals surface area contributed by atoms with Crippen molar-refractivity contribution in [1.29, 1.82) is 0 Å². The van der Waals surface area contributed by atoms with E-state index in [1.807, 2.05) is 36.4 Å². The van der Waals surface area contributed by atoms with E-state index in [1.54, 1.807) is 12.3 Å². The number of pyridine rings is 1. The first kappa shape index (κ1) is 23.8. The molecule has 1 aromatic carbocycles. The highest BCUT2D eigenvalue weighted by molar-refractivity contribution is 6.30. The molecule has 2 aromatic heterocycles. The van der Waals surface area contributed by atoms with E-state index in [9.17, 15) is 0 Å². The number of aryl methyl sites for hydroxylation is 2. The van der Waals surface area contributed by atoms with Crippen molar-refractivity contribution in [1.82, 2.24) is 19.9 Å². The van der Waals surface area contributed by atoms with E-state index < -0.39 is 0 Å². The van der Waals surface area contributed by atoms with Crippen LogP contribution in [-0.4, -0.2) is 59.2 Å². The molecule has 3 heterocycles. The van der Waals surface area contributed by atoms with Crippen molar-refractivity contribution >= 4 is 17.4 Å². The van der Waals surface area contributed by atoms with Crippen molar-refractivity contribution in [2.24, 2.45) is 0 Å². The number of fused-ring (bicyclic) bond motifs is 1. The number of rotatable bonds is 9. The van der Waals surface area contributed by atoms with Gasteiger partial charge in [-0.05, 0) is 69.3 Å². The third kappa shape index (κ3) is 6.61. The predicted octanol–water partition coefficient (Wildman–Crippen LogP) is 5.18. The van der Waals surface area contributed by atoms with Crippen molar-refractivity contribution in [2.75, 3.05) is 44.2 Å². The molecule has 1 aliphatic heterocycles. The van der Waals surface area contributed by atoms with Gasteiger partial charge in [-0.15, -0.1) is 0 Å². The van der Waals surface area contributed by atoms with E-state index in [-0.39, 0.29) is 0 Å². The zero-order chi connectivity index (χ0) is 23.9. The number of unbranched alkanes of at least 4 members (excludes halogenated alkanes) is 1. The van der Waals surface area contributed by atoms with Gasteiger partial charge in [0.15, 0.2) is 0 Å². The largest absolute Gasteiger partial charge is 0.477 e. The smallest absolute Gasteiger partial charge is 0.232 e. The first-order chi connectivity index (χ1) is 17.2. The molecule has 0 atom stereocenters. The maximum Gasteiger partial charge on any atom is 0.232 e. The van der Waals surface area contributed by atoms with Crippen LogP contribution in [0.2, 0.25) is 5.02 Å². The van der Waals surface area contributed by atoms with Crippen LogP contribution in [0, 0.1) is 0 Å². The fourth-order valence-electron chi connectivity index (χ4n) is 4.60. The van der Waals surface area contributed by atoms with Gasteiger partial charge in [-0.25, -0.2) is 4.98 Å². The fraction of sp³-hybridized carbons (Fsp3) is 0.444. The van der Waals surface area contributed by atoms with Crippen LogP contribution in [0.3, 0.4) is 0 Å². The summed E-state index contributed by atoms with van der Waals surface area (Å²) < 4.78 is 11.8. The molecule has 7 nitrogen and oxygen atoms in total. The summed E-state index contributed by atoms with van der Waals surface area (Å²) in [7, 11) is 0. The van der Waals surface area contributed by atoms with Crippen LogP contribution in [0.1, 0.15) is 37.1 Å². The van der Waals surface area contributed by atoms with Crippen LogP contribution in [0.15, 0.2) is 48.7 Å². The summed E-state index contributed by atoms with van der Waals surface area (Å²) in [5.41, 5.74) is 2.28. The normalized spacial score (nSPS) is 16.1. The lowest BCUT2D eigenvalue weighted by Gasteiger charge is -2.35. The molecular formula is C27H32ClN5O2. The number of anilines is 1. The molecule has 3 aromatic rings. The molecule has 0 unspecified atom stereocenters. The Morgan fingerprint density at radius 2 is 1.69 bits per heavy atom. The lowest BCUT2D eigenvalue weighted by molar-refractivity contribution is 0.235. The van der Waals surface area contributed by atoms with Gasteiger partial charge >= 0.3 is 0 Å². The molecule has 0 N–H and O–H groups in total. The second-order valence-electron chi connectivity index (χ2n) is 9.09. The number of halogens is 1. The van der Waals surface area contributed by atoms with E-state index in [0.29, 0.717) is 29.1 Å². The van der Waals surface area contributed by atoms with Gasteiger partial charge in [0.2, 0.25) is 11.8 Å². The van der Waals surface area contributed by atoms with E-state index in [4.69, 9.17) is 26.1 Å². The summed E-state index contributed by atoms with van der Waals surface area (Å²) in [6.07, 6.45) is 8.41. The van der Waals surface area contributed by atoms with Crippen molar-refractivity contribution < 1.29 is 9.47 Å². The first-order valence-corrected chi connectivity index (χ1v) is 13.0. The number of ether oxygens (including phenoxy) is 2. The molecule has 184 valence electrons. The number of nitrogens with zero attached hydrogens (tertiary/aromatic N) is 5. The minimum atomic E-state index is 0.579. The molecule has 1 aliphatic carbocycles. The van der Waals surface area contributed by atoms with Gasteiger partial charge in [0.1, 0.15) is 11.6 Å². The van der Waals surface area contributed by atoms with Crippen LogP contribution in [0.25, 0.3) is 0 Å². The second kappa shape index (κ2) is 11.7. The van der Waals surface area contributed by atoms with Crippen molar-refractivity contribution in [3.05, 3.63) is 65.1 Å². The van der Waals surface area contributed by atoms with Crippen LogP contribution >= 0.6 is 11.6 Å². The number of piperazine rings is 1. The molecule has 0 spiro atoms. The highest BCUT2D eigenvalue weighted by Crippen LogP contribution is 2.25. The Morgan fingerprint density at radius 1 is 0.857 bits per heavy atom. The third-order valence-electron chi connectivity index (χ3n) is 6.53. The molecule has 0 amide bonds. The molecule has 5 rings (SSSR count). The maximum absolute atomic E-state index is 6.06. The molecule has 1 fully saturated rings. The van der Waals surface area contributed by atoms with Gasteiger partial charge in [0, 0.05) is 37.3 Å². The van der Waals surface area contributed by atoms with Crippen LogP contribution < -0.4 is 14.4 Å². The lowest BCUT2D eigenvalue weighted by atomic mass is 10.0. The fourth-order valence-corrected chi connectivity index (χ4v) is 4.78. The van der Waals surface area contributed by atoms with E-state index >= 15 is 0 Å². The van der Waals surface area contributed by atoms with E-state index in [1.165, 1.54) is 12.8 Å². The number of benzene rings is 1. The zero-order valence-corrected chi connectivity index (χ0v) is 20.8. The van der Waals surface area contributed by atoms with Gasteiger partial charge in [0.25, 0.3) is 0 Å². The molecular weight excluding hydrogens is 462 g/mol. The Kier molecular flexibility index (Phi) is 7.96. The van der Waals surface area contributed by atoms with Crippen LogP contribution in [0.4, 0.5) is 5.82 Å². The summed E-state index contributed by atoms with van der Waals surface area (Å²) >= 11 is 6.06. The standard InChI is InChI=1S/C27H32ClN5O2/c28-21-7-5-8-22(19-21)35-26-12-6-11-25(31-26)33-16-14-32(15-17-33)13-3-4-18-34-27-20-29-23-9-1-2-10-24(23)30-27/h5-8,11-12,19-20H,1-4,9-10,13-18H2. The van der Waals surface area contributed by atoms with Gasteiger partial charge < -0.3 is 14.4 Å². The molecule has 0 bridgehead atoms. The van der Waals surface area contributed by atoms with Crippen LogP contribution in [0.5, 0.6) is 17.5 Å². The Bertz CT molecular complexity index is 1120.